The van der Waals surface area contributed by atoms with E-state index in [4.69, 9.17) is 0 Å². The zero-order chi connectivity index (χ0) is 10.5. The molecule has 0 spiro atoms. The van der Waals surface area contributed by atoms with E-state index in [1.165, 1.54) is 32.1 Å². The molecule has 0 aromatic rings. The quantitative estimate of drug-likeness (QED) is 0.543. The maximum atomic E-state index is 2.42. The van der Waals surface area contributed by atoms with Crippen molar-refractivity contribution in [1.82, 2.24) is 0 Å². The highest BCUT2D eigenvalue weighted by molar-refractivity contribution is 4.78. The van der Waals surface area contributed by atoms with Crippen molar-refractivity contribution in [1.29, 1.82) is 0 Å². The lowest BCUT2D eigenvalue weighted by atomic mass is 9.71. The molecule has 13 heavy (non-hydrogen) atoms. The molecule has 0 unspecified atom stereocenters. The van der Waals surface area contributed by atoms with Crippen LogP contribution < -0.4 is 0 Å². The second-order valence-corrected chi connectivity index (χ2v) is 5.96. The summed E-state index contributed by atoms with van der Waals surface area (Å²) in [4.78, 5) is 0. The Labute approximate surface area is 85.1 Å². The van der Waals surface area contributed by atoms with Crippen LogP contribution in [0.3, 0.4) is 0 Å². The number of unbranched alkanes of at least 4 members (excludes halogenated alkanes) is 1. The normalized spacial score (nSPS) is 13.4. The molecule has 80 valence electrons. The first-order valence-corrected chi connectivity index (χ1v) is 5.83. The first kappa shape index (κ1) is 13.0. The third kappa shape index (κ3) is 6.12. The number of rotatable bonds is 6. The van der Waals surface area contributed by atoms with Gasteiger partial charge in [0.15, 0.2) is 0 Å². The van der Waals surface area contributed by atoms with E-state index in [1.807, 2.05) is 0 Å². The lowest BCUT2D eigenvalue weighted by molar-refractivity contribution is 0.174. The minimum atomic E-state index is 0.525. The van der Waals surface area contributed by atoms with Crippen molar-refractivity contribution in [3.05, 3.63) is 0 Å². The fraction of sp³-hybridized carbons (Fsp3) is 1.00. The van der Waals surface area contributed by atoms with Crippen molar-refractivity contribution < 1.29 is 0 Å². The van der Waals surface area contributed by atoms with E-state index in [2.05, 4.69) is 41.5 Å². The first-order chi connectivity index (χ1) is 5.83. The minimum absolute atomic E-state index is 0.525. The van der Waals surface area contributed by atoms with Crippen LogP contribution in [0.5, 0.6) is 0 Å². The van der Waals surface area contributed by atoms with Gasteiger partial charge < -0.3 is 0 Å². The Balaban J connectivity index is 4.00. The first-order valence-electron chi connectivity index (χ1n) is 5.83. The van der Waals surface area contributed by atoms with E-state index < -0.39 is 0 Å². The SMILES string of the molecule is CCCCC(C)(C)CC(C)(C)CC. The Kier molecular flexibility index (Phi) is 5.02. The Bertz CT molecular complexity index is 131. The molecule has 0 saturated carbocycles. The van der Waals surface area contributed by atoms with Crippen LogP contribution in [0.1, 0.15) is 73.6 Å². The Morgan fingerprint density at radius 2 is 1.38 bits per heavy atom. The van der Waals surface area contributed by atoms with Gasteiger partial charge in [-0.2, -0.15) is 0 Å². The van der Waals surface area contributed by atoms with Gasteiger partial charge in [0.1, 0.15) is 0 Å². The highest BCUT2D eigenvalue weighted by atomic mass is 14.3. The van der Waals surface area contributed by atoms with Gasteiger partial charge >= 0.3 is 0 Å². The highest BCUT2D eigenvalue weighted by Crippen LogP contribution is 2.38. The summed E-state index contributed by atoms with van der Waals surface area (Å²) in [5, 5.41) is 0. The van der Waals surface area contributed by atoms with Crippen LogP contribution in [0, 0.1) is 10.8 Å². The lowest BCUT2D eigenvalue weighted by Gasteiger charge is -2.34. The molecule has 0 aromatic heterocycles. The molecule has 0 rings (SSSR count). The fourth-order valence-electron chi connectivity index (χ4n) is 2.16. The van der Waals surface area contributed by atoms with Crippen molar-refractivity contribution in [2.24, 2.45) is 10.8 Å². The third-order valence-corrected chi connectivity index (χ3v) is 3.12. The van der Waals surface area contributed by atoms with Gasteiger partial charge in [-0.1, -0.05) is 60.8 Å². The monoisotopic (exact) mass is 184 g/mol. The molecule has 0 aliphatic carbocycles. The Hall–Kier alpha value is 0. The Morgan fingerprint density at radius 1 is 0.846 bits per heavy atom. The summed E-state index contributed by atoms with van der Waals surface area (Å²) in [6, 6.07) is 0. The predicted molar refractivity (Wildman–Crippen MR) is 62.0 cm³/mol. The molecule has 0 heteroatoms. The van der Waals surface area contributed by atoms with Crippen molar-refractivity contribution in [2.75, 3.05) is 0 Å². The zero-order valence-corrected chi connectivity index (χ0v) is 10.5. The molecule has 0 nitrogen and oxygen atoms in total. The van der Waals surface area contributed by atoms with Crippen molar-refractivity contribution in [3.63, 3.8) is 0 Å². The van der Waals surface area contributed by atoms with Crippen molar-refractivity contribution in [2.45, 2.75) is 73.6 Å². The molecule has 0 radical (unpaired) electrons. The van der Waals surface area contributed by atoms with Crippen molar-refractivity contribution >= 4 is 0 Å². The van der Waals surface area contributed by atoms with Crippen LogP contribution in [0.25, 0.3) is 0 Å². The number of hydrogen-bond acceptors (Lipinski definition) is 0. The fourth-order valence-corrected chi connectivity index (χ4v) is 2.16. The van der Waals surface area contributed by atoms with E-state index in [1.54, 1.807) is 0 Å². The molecule has 0 aromatic carbocycles. The molecule has 0 heterocycles. The minimum Gasteiger partial charge on any atom is -0.0654 e. The summed E-state index contributed by atoms with van der Waals surface area (Å²) >= 11 is 0. The van der Waals surface area contributed by atoms with E-state index in [0.29, 0.717) is 10.8 Å². The summed E-state index contributed by atoms with van der Waals surface area (Å²) in [6.45, 7) is 14.2. The van der Waals surface area contributed by atoms with Gasteiger partial charge in [-0.25, -0.2) is 0 Å². The molecule has 0 aliphatic rings. The third-order valence-electron chi connectivity index (χ3n) is 3.12. The average Bonchev–Trinajstić information content (AvgIpc) is 1.99. The molecule has 0 bridgehead atoms. The standard InChI is InChI=1S/C13H28/c1-7-9-10-13(5,6)11-12(3,4)8-2/h7-11H2,1-6H3. The van der Waals surface area contributed by atoms with Crippen LogP contribution in [-0.4, -0.2) is 0 Å². The molecular weight excluding hydrogens is 156 g/mol. The topological polar surface area (TPSA) is 0 Å². The Morgan fingerprint density at radius 3 is 1.77 bits per heavy atom. The van der Waals surface area contributed by atoms with Crippen LogP contribution in [0.15, 0.2) is 0 Å². The molecule has 0 saturated heterocycles. The highest BCUT2D eigenvalue weighted by Gasteiger charge is 2.26. The van der Waals surface area contributed by atoms with Gasteiger partial charge in [-0.05, 0) is 23.7 Å². The van der Waals surface area contributed by atoms with E-state index in [-0.39, 0.29) is 0 Å². The number of hydrogen-bond donors (Lipinski definition) is 0. The van der Waals surface area contributed by atoms with Gasteiger partial charge in [-0.3, -0.25) is 0 Å². The summed E-state index contributed by atoms with van der Waals surface area (Å²) in [6.07, 6.45) is 6.74. The van der Waals surface area contributed by atoms with Gasteiger partial charge in [0, 0.05) is 0 Å². The van der Waals surface area contributed by atoms with Gasteiger partial charge in [0.05, 0.1) is 0 Å². The van der Waals surface area contributed by atoms with Crippen LogP contribution in [-0.2, 0) is 0 Å². The molecule has 0 amide bonds. The lowest BCUT2D eigenvalue weighted by Crippen LogP contribution is -2.22. The molecule has 0 atom stereocenters. The molecule has 0 aliphatic heterocycles. The summed E-state index contributed by atoms with van der Waals surface area (Å²) in [7, 11) is 0. The predicted octanol–water partition coefficient (Wildman–Crippen LogP) is 5.03. The van der Waals surface area contributed by atoms with E-state index >= 15 is 0 Å². The summed E-state index contributed by atoms with van der Waals surface area (Å²) in [5.41, 5.74) is 1.06. The van der Waals surface area contributed by atoms with Gasteiger partial charge in [-0.15, -0.1) is 0 Å². The van der Waals surface area contributed by atoms with Crippen LogP contribution in [0.4, 0.5) is 0 Å². The van der Waals surface area contributed by atoms with Crippen molar-refractivity contribution in [3.8, 4) is 0 Å². The zero-order valence-electron chi connectivity index (χ0n) is 10.5. The van der Waals surface area contributed by atoms with E-state index in [0.717, 1.165) is 0 Å². The van der Waals surface area contributed by atoms with Gasteiger partial charge in [0.2, 0.25) is 0 Å². The molecular formula is C13H28. The van der Waals surface area contributed by atoms with E-state index in [9.17, 15) is 0 Å². The summed E-state index contributed by atoms with van der Waals surface area (Å²) < 4.78 is 0. The summed E-state index contributed by atoms with van der Waals surface area (Å²) in [5.74, 6) is 0. The smallest absolute Gasteiger partial charge is 0.0349 e. The van der Waals surface area contributed by atoms with Crippen LogP contribution in [0.2, 0.25) is 0 Å². The second-order valence-electron chi connectivity index (χ2n) is 5.96. The average molecular weight is 184 g/mol. The largest absolute Gasteiger partial charge is 0.0654 e. The maximum Gasteiger partial charge on any atom is -0.0349 e. The molecule has 0 N–H and O–H groups in total. The maximum absolute atomic E-state index is 2.42. The van der Waals surface area contributed by atoms with Crippen LogP contribution >= 0.6 is 0 Å². The van der Waals surface area contributed by atoms with Gasteiger partial charge in [0.25, 0.3) is 0 Å². The second kappa shape index (κ2) is 5.02. The molecule has 0 fully saturated rings.